The van der Waals surface area contributed by atoms with Crippen molar-refractivity contribution in [2.75, 3.05) is 6.61 Å². The van der Waals surface area contributed by atoms with Gasteiger partial charge in [-0.3, -0.25) is 14.4 Å². The average molecular weight is 713 g/mol. The van der Waals surface area contributed by atoms with E-state index in [1.165, 1.54) is 32.2 Å². The summed E-state index contributed by atoms with van der Waals surface area (Å²) >= 11 is 0. The Balaban J connectivity index is 1.70. The molecule has 14 unspecified atom stereocenters. The monoisotopic (exact) mass is 712 g/mol. The van der Waals surface area contributed by atoms with Crippen molar-refractivity contribution in [3.05, 3.63) is 24.2 Å². The lowest BCUT2D eigenvalue weighted by Crippen LogP contribution is -2.72. The summed E-state index contributed by atoms with van der Waals surface area (Å²) in [5.41, 5.74) is -8.14. The van der Waals surface area contributed by atoms with E-state index in [4.69, 9.17) is 23.4 Å². The number of hydrogen-bond donors (Lipinski definition) is 7. The summed E-state index contributed by atoms with van der Waals surface area (Å²) in [6.45, 7) is 8.20. The first-order chi connectivity index (χ1) is 23.1. The molecule has 1 aromatic heterocycles. The van der Waals surface area contributed by atoms with Crippen molar-refractivity contribution in [1.29, 1.82) is 0 Å². The van der Waals surface area contributed by atoms with Crippen LogP contribution in [0.3, 0.4) is 0 Å². The fraction of sp³-hybridized carbons (Fsp3) is 0.765. The van der Waals surface area contributed by atoms with Crippen LogP contribution in [-0.4, -0.2) is 120 Å². The number of Topliss-reactive ketones (excluding diaryl/α,β-unsaturated/α-hetero) is 1. The van der Waals surface area contributed by atoms with Crippen LogP contribution in [0.5, 0.6) is 0 Å². The molecule has 2 saturated carbocycles. The van der Waals surface area contributed by atoms with Crippen LogP contribution < -0.4 is 0 Å². The molecule has 14 atom stereocenters. The van der Waals surface area contributed by atoms with Gasteiger partial charge in [0.15, 0.2) is 12.4 Å². The minimum Gasteiger partial charge on any atom is -0.481 e. The molecule has 0 aromatic carbocycles. The van der Waals surface area contributed by atoms with E-state index in [1.54, 1.807) is 20.8 Å². The minimum absolute atomic E-state index is 0.0289. The van der Waals surface area contributed by atoms with Crippen LogP contribution in [0, 0.1) is 28.1 Å². The highest BCUT2D eigenvalue weighted by molar-refractivity contribution is 5.92. The van der Waals surface area contributed by atoms with Gasteiger partial charge in [-0.1, -0.05) is 13.8 Å². The van der Waals surface area contributed by atoms with E-state index in [1.807, 2.05) is 0 Å². The molecule has 7 N–H and O–H groups in total. The lowest BCUT2D eigenvalue weighted by molar-refractivity contribution is -0.330. The molecule has 1 aromatic rings. The number of carbonyl (C=O) groups is 4. The number of carbonyl (C=O) groups excluding carboxylic acids is 2. The summed E-state index contributed by atoms with van der Waals surface area (Å²) in [5, 5.41) is 73.6. The molecule has 280 valence electrons. The molecule has 2 aliphatic heterocycles. The molecular weight excluding hydrogens is 664 g/mol. The molecular formula is C34H48O16. The van der Waals surface area contributed by atoms with E-state index in [2.05, 4.69) is 0 Å². The molecule has 2 aliphatic carbocycles. The summed E-state index contributed by atoms with van der Waals surface area (Å²) in [6, 6.07) is 3.07. The number of aliphatic carboxylic acids is 2. The lowest BCUT2D eigenvalue weighted by Gasteiger charge is -2.66. The van der Waals surface area contributed by atoms with Crippen LogP contribution in [-0.2, 0) is 38.1 Å². The van der Waals surface area contributed by atoms with Crippen LogP contribution >= 0.6 is 0 Å². The summed E-state index contributed by atoms with van der Waals surface area (Å²) in [5.74, 6) is -5.68. The highest BCUT2D eigenvalue weighted by atomic mass is 16.7. The molecule has 0 radical (unpaired) electrons. The van der Waals surface area contributed by atoms with E-state index in [0.29, 0.717) is 0 Å². The molecule has 4 fully saturated rings. The van der Waals surface area contributed by atoms with Gasteiger partial charge >= 0.3 is 17.9 Å². The van der Waals surface area contributed by atoms with Gasteiger partial charge in [-0.25, -0.2) is 4.79 Å². The van der Waals surface area contributed by atoms with Gasteiger partial charge in [0, 0.05) is 30.1 Å². The maximum Gasteiger partial charge on any atom is 0.335 e. The SMILES string of the molecule is CC(=O)OC(CC(=O)O)C1(C)C(C(C)(C)O)CC(=O)C2(C)C1CCC(C)(C(OC1OC(CO)C(O)C(O)C1O)c1ccco1)C21OC1C(=O)O. The van der Waals surface area contributed by atoms with Crippen LogP contribution in [0.1, 0.15) is 79.1 Å². The highest BCUT2D eigenvalue weighted by Crippen LogP contribution is 2.77. The molecule has 1 spiro atoms. The van der Waals surface area contributed by atoms with Crippen molar-refractivity contribution < 1.29 is 78.3 Å². The van der Waals surface area contributed by atoms with Crippen molar-refractivity contribution in [1.82, 2.24) is 0 Å². The zero-order chi connectivity index (χ0) is 37.4. The number of hydrogen-bond acceptors (Lipinski definition) is 14. The van der Waals surface area contributed by atoms with Crippen LogP contribution in [0.2, 0.25) is 0 Å². The first-order valence-electron chi connectivity index (χ1n) is 16.7. The number of rotatable bonds is 11. The Kier molecular flexibility index (Phi) is 9.89. The number of aliphatic hydroxyl groups excluding tert-OH is 4. The van der Waals surface area contributed by atoms with Gasteiger partial charge in [-0.05, 0) is 51.7 Å². The standard InChI is InChI=1S/C34H48O16/c1-15(36)47-21(13-22(38)39)32(5)18-9-10-31(4,34(27(50-34)28(43)44)33(18,6)20(37)12-19(32)30(2,3)45)26(16-8-7-11-46-16)49-29-25(42)24(41)23(40)17(14-35)48-29/h7-8,11,17-19,21,23-27,29,35,40-42,45H,9-10,12-14H2,1-6H3,(H,38,39)(H,43,44). The van der Waals surface area contributed by atoms with Gasteiger partial charge < -0.3 is 59.1 Å². The molecule has 4 aliphatic rings. The molecule has 2 saturated heterocycles. The van der Waals surface area contributed by atoms with Crippen molar-refractivity contribution in [2.24, 2.45) is 28.1 Å². The number of carboxylic acids is 2. The summed E-state index contributed by atoms with van der Waals surface area (Å²) in [6.07, 6.45) is -12.2. The van der Waals surface area contributed by atoms with Gasteiger partial charge in [-0.15, -0.1) is 0 Å². The first-order valence-corrected chi connectivity index (χ1v) is 16.7. The van der Waals surface area contributed by atoms with Crippen LogP contribution in [0.15, 0.2) is 22.8 Å². The Bertz CT molecular complexity index is 1450. The molecule has 5 rings (SSSR count). The van der Waals surface area contributed by atoms with Gasteiger partial charge in [0.2, 0.25) is 0 Å². The number of furan rings is 1. The number of aliphatic hydroxyl groups is 5. The van der Waals surface area contributed by atoms with Crippen LogP contribution in [0.25, 0.3) is 0 Å². The number of epoxide rings is 1. The number of esters is 1. The number of fused-ring (bicyclic) bond motifs is 2. The second-order valence-corrected chi connectivity index (χ2v) is 15.4. The third-order valence-corrected chi connectivity index (χ3v) is 12.3. The topological polar surface area (TPSA) is 263 Å². The minimum atomic E-state index is -1.90. The summed E-state index contributed by atoms with van der Waals surface area (Å²) in [4.78, 5) is 52.3. The summed E-state index contributed by atoms with van der Waals surface area (Å²) in [7, 11) is 0. The fourth-order valence-corrected chi connectivity index (χ4v) is 9.99. The van der Waals surface area contributed by atoms with E-state index < -0.39 is 125 Å². The fourth-order valence-electron chi connectivity index (χ4n) is 9.99. The molecule has 3 heterocycles. The van der Waals surface area contributed by atoms with E-state index in [0.717, 1.165) is 6.92 Å². The predicted molar refractivity (Wildman–Crippen MR) is 166 cm³/mol. The maximum atomic E-state index is 14.8. The second kappa shape index (κ2) is 12.9. The predicted octanol–water partition coefficient (Wildman–Crippen LogP) is 0.555. The Labute approximate surface area is 288 Å². The van der Waals surface area contributed by atoms with E-state index in [9.17, 15) is 54.9 Å². The van der Waals surface area contributed by atoms with Crippen molar-refractivity contribution in [3.63, 3.8) is 0 Å². The second-order valence-electron chi connectivity index (χ2n) is 15.4. The lowest BCUT2D eigenvalue weighted by atomic mass is 9.37. The number of carboxylic acid groups (broad SMARTS) is 2. The van der Waals surface area contributed by atoms with Gasteiger partial charge in [0.1, 0.15) is 53.8 Å². The quantitative estimate of drug-likeness (QED) is 0.122. The zero-order valence-electron chi connectivity index (χ0n) is 28.8. The molecule has 16 nitrogen and oxygen atoms in total. The van der Waals surface area contributed by atoms with Crippen LogP contribution in [0.4, 0.5) is 0 Å². The number of ketones is 1. The largest absolute Gasteiger partial charge is 0.481 e. The molecule has 0 amide bonds. The molecule has 0 bridgehead atoms. The highest BCUT2D eigenvalue weighted by Gasteiger charge is 2.87. The van der Waals surface area contributed by atoms with Crippen molar-refractivity contribution in [2.45, 2.75) is 127 Å². The van der Waals surface area contributed by atoms with Gasteiger partial charge in [-0.2, -0.15) is 0 Å². The maximum absolute atomic E-state index is 14.8. The first kappa shape index (κ1) is 38.3. The Morgan fingerprint density at radius 3 is 2.24 bits per heavy atom. The summed E-state index contributed by atoms with van der Waals surface area (Å²) < 4.78 is 29.7. The zero-order valence-corrected chi connectivity index (χ0v) is 28.8. The van der Waals surface area contributed by atoms with E-state index >= 15 is 0 Å². The Hall–Kier alpha value is -2.96. The third kappa shape index (κ3) is 5.59. The molecule has 16 heteroatoms. The Morgan fingerprint density at radius 2 is 1.74 bits per heavy atom. The van der Waals surface area contributed by atoms with Gasteiger partial charge in [0.05, 0.1) is 30.3 Å². The molecule has 50 heavy (non-hydrogen) atoms. The Morgan fingerprint density at radius 1 is 1.08 bits per heavy atom. The third-order valence-electron chi connectivity index (χ3n) is 12.3. The van der Waals surface area contributed by atoms with Crippen molar-refractivity contribution >= 4 is 23.7 Å². The normalized spacial score (nSPS) is 42.7. The van der Waals surface area contributed by atoms with E-state index in [-0.39, 0.29) is 25.0 Å². The smallest absolute Gasteiger partial charge is 0.335 e. The van der Waals surface area contributed by atoms with Crippen molar-refractivity contribution in [3.8, 4) is 0 Å². The average Bonchev–Trinajstić information content (AvgIpc) is 3.58. The van der Waals surface area contributed by atoms with Gasteiger partial charge in [0.25, 0.3) is 0 Å². The number of ether oxygens (including phenoxy) is 4.